The smallest absolute Gasteiger partial charge is 0.337 e. The SMILES string of the molecule is CC1CN(c2cc(C(=O)O)c(Cl)cn2)CCS1. The van der Waals surface area contributed by atoms with E-state index in [-0.39, 0.29) is 10.6 Å². The molecule has 17 heavy (non-hydrogen) atoms. The van der Waals surface area contributed by atoms with Gasteiger partial charge in [-0.05, 0) is 6.07 Å². The van der Waals surface area contributed by atoms with Gasteiger partial charge in [-0.2, -0.15) is 11.8 Å². The normalized spacial score (nSPS) is 20.4. The molecule has 2 heterocycles. The van der Waals surface area contributed by atoms with Crippen LogP contribution in [0.1, 0.15) is 17.3 Å². The van der Waals surface area contributed by atoms with Crippen molar-refractivity contribution in [2.45, 2.75) is 12.2 Å². The van der Waals surface area contributed by atoms with Crippen molar-refractivity contribution in [1.82, 2.24) is 4.98 Å². The molecule has 0 aromatic carbocycles. The second kappa shape index (κ2) is 5.14. The minimum absolute atomic E-state index is 0.113. The summed E-state index contributed by atoms with van der Waals surface area (Å²) < 4.78 is 0. The fraction of sp³-hybridized carbons (Fsp3) is 0.455. The summed E-state index contributed by atoms with van der Waals surface area (Å²) in [6.07, 6.45) is 1.41. The minimum Gasteiger partial charge on any atom is -0.478 e. The van der Waals surface area contributed by atoms with E-state index in [0.717, 1.165) is 18.8 Å². The van der Waals surface area contributed by atoms with Gasteiger partial charge < -0.3 is 10.0 Å². The highest BCUT2D eigenvalue weighted by atomic mass is 35.5. The molecule has 0 aliphatic carbocycles. The van der Waals surface area contributed by atoms with E-state index in [1.807, 2.05) is 11.8 Å². The van der Waals surface area contributed by atoms with Gasteiger partial charge in [0.2, 0.25) is 0 Å². The van der Waals surface area contributed by atoms with Gasteiger partial charge in [0.1, 0.15) is 5.82 Å². The Kier molecular flexibility index (Phi) is 3.79. The van der Waals surface area contributed by atoms with Gasteiger partial charge in [0.15, 0.2) is 0 Å². The molecule has 6 heteroatoms. The summed E-state index contributed by atoms with van der Waals surface area (Å²) in [6.45, 7) is 3.94. The lowest BCUT2D eigenvalue weighted by atomic mass is 10.2. The summed E-state index contributed by atoms with van der Waals surface area (Å²) in [5.41, 5.74) is 0.113. The molecule has 0 spiro atoms. The average Bonchev–Trinajstić information content (AvgIpc) is 2.29. The molecule has 4 nitrogen and oxygen atoms in total. The van der Waals surface area contributed by atoms with Crippen LogP contribution in [0.5, 0.6) is 0 Å². The van der Waals surface area contributed by atoms with Crippen LogP contribution in [0.3, 0.4) is 0 Å². The van der Waals surface area contributed by atoms with Gasteiger partial charge in [0.25, 0.3) is 0 Å². The van der Waals surface area contributed by atoms with Crippen LogP contribution in [0.4, 0.5) is 5.82 Å². The van der Waals surface area contributed by atoms with Crippen molar-refractivity contribution in [2.75, 3.05) is 23.7 Å². The number of hydrogen-bond donors (Lipinski definition) is 1. The molecular weight excluding hydrogens is 260 g/mol. The molecule has 1 aromatic rings. The van der Waals surface area contributed by atoms with Crippen LogP contribution in [-0.2, 0) is 0 Å². The summed E-state index contributed by atoms with van der Waals surface area (Å²) in [7, 11) is 0. The summed E-state index contributed by atoms with van der Waals surface area (Å²) in [6, 6.07) is 1.55. The monoisotopic (exact) mass is 272 g/mol. The number of rotatable bonds is 2. The van der Waals surface area contributed by atoms with E-state index in [2.05, 4.69) is 16.8 Å². The van der Waals surface area contributed by atoms with Crippen LogP contribution in [0, 0.1) is 0 Å². The number of thioether (sulfide) groups is 1. The van der Waals surface area contributed by atoms with Crippen molar-refractivity contribution in [3.05, 3.63) is 22.8 Å². The van der Waals surface area contributed by atoms with Crippen molar-refractivity contribution in [3.8, 4) is 0 Å². The number of carboxylic acid groups (broad SMARTS) is 1. The number of halogens is 1. The first kappa shape index (κ1) is 12.5. The molecule has 1 unspecified atom stereocenters. The lowest BCUT2D eigenvalue weighted by Crippen LogP contribution is -2.37. The molecular formula is C11H13ClN2O2S. The van der Waals surface area contributed by atoms with Crippen molar-refractivity contribution in [2.24, 2.45) is 0 Å². The Bertz CT molecular complexity index is 441. The number of pyridine rings is 1. The predicted octanol–water partition coefficient (Wildman–Crippen LogP) is 2.37. The second-order valence-electron chi connectivity index (χ2n) is 3.95. The van der Waals surface area contributed by atoms with E-state index in [1.165, 1.54) is 6.20 Å². The first-order chi connectivity index (χ1) is 8.08. The summed E-state index contributed by atoms with van der Waals surface area (Å²) in [5, 5.41) is 9.72. The van der Waals surface area contributed by atoms with Crippen LogP contribution < -0.4 is 4.90 Å². The zero-order valence-corrected chi connectivity index (χ0v) is 11.0. The molecule has 1 aromatic heterocycles. The number of aromatic carboxylic acids is 1. The van der Waals surface area contributed by atoms with Crippen LogP contribution in [0.25, 0.3) is 0 Å². The standard InChI is InChI=1S/C11H13ClN2O2S/c1-7-6-14(2-3-17-7)10-4-8(11(15)16)9(12)5-13-10/h4-5,7H,2-3,6H2,1H3,(H,15,16). The zero-order valence-electron chi connectivity index (χ0n) is 9.39. The maximum atomic E-state index is 11.0. The van der Waals surface area contributed by atoms with Gasteiger partial charge >= 0.3 is 5.97 Å². The first-order valence-electron chi connectivity index (χ1n) is 5.33. The Labute approximate surface area is 109 Å². The van der Waals surface area contributed by atoms with Gasteiger partial charge in [-0.15, -0.1) is 0 Å². The molecule has 1 N–H and O–H groups in total. The Hall–Kier alpha value is -0.940. The third-order valence-corrected chi connectivity index (χ3v) is 4.07. The number of nitrogens with zero attached hydrogens (tertiary/aromatic N) is 2. The topological polar surface area (TPSA) is 53.4 Å². The molecule has 1 aliphatic rings. The number of carboxylic acids is 1. The van der Waals surface area contributed by atoms with Gasteiger partial charge in [-0.3, -0.25) is 0 Å². The Morgan fingerprint density at radius 3 is 3.12 bits per heavy atom. The predicted molar refractivity (Wildman–Crippen MR) is 70.3 cm³/mol. The van der Waals surface area contributed by atoms with Crippen LogP contribution in [0.15, 0.2) is 12.3 Å². The third-order valence-electron chi connectivity index (χ3n) is 2.64. The lowest BCUT2D eigenvalue weighted by molar-refractivity contribution is 0.0697. The molecule has 0 radical (unpaired) electrons. The van der Waals surface area contributed by atoms with E-state index < -0.39 is 5.97 Å². The van der Waals surface area contributed by atoms with Gasteiger partial charge in [-0.25, -0.2) is 9.78 Å². The molecule has 1 aliphatic heterocycles. The highest BCUT2D eigenvalue weighted by Gasteiger charge is 2.20. The van der Waals surface area contributed by atoms with E-state index >= 15 is 0 Å². The maximum Gasteiger partial charge on any atom is 0.337 e. The zero-order chi connectivity index (χ0) is 12.4. The summed E-state index contributed by atoms with van der Waals surface area (Å²) in [5.74, 6) is 0.713. The van der Waals surface area contributed by atoms with Crippen LogP contribution in [0.2, 0.25) is 5.02 Å². The fourth-order valence-electron chi connectivity index (χ4n) is 1.79. The number of hydrogen-bond acceptors (Lipinski definition) is 4. The second-order valence-corrected chi connectivity index (χ2v) is 5.91. The molecule has 2 rings (SSSR count). The Morgan fingerprint density at radius 1 is 1.71 bits per heavy atom. The van der Waals surface area contributed by atoms with Crippen molar-refractivity contribution in [1.29, 1.82) is 0 Å². The largest absolute Gasteiger partial charge is 0.478 e. The number of aromatic nitrogens is 1. The summed E-state index contributed by atoms with van der Waals surface area (Å²) >= 11 is 7.71. The minimum atomic E-state index is -1.02. The van der Waals surface area contributed by atoms with Crippen molar-refractivity contribution < 1.29 is 9.90 Å². The van der Waals surface area contributed by atoms with Gasteiger partial charge in [0.05, 0.1) is 10.6 Å². The first-order valence-corrected chi connectivity index (χ1v) is 6.76. The van der Waals surface area contributed by atoms with Crippen molar-refractivity contribution >= 4 is 35.1 Å². The van der Waals surface area contributed by atoms with Gasteiger partial charge in [-0.1, -0.05) is 18.5 Å². The average molecular weight is 273 g/mol. The maximum absolute atomic E-state index is 11.0. The lowest BCUT2D eigenvalue weighted by Gasteiger charge is -2.31. The quantitative estimate of drug-likeness (QED) is 0.896. The molecule has 0 bridgehead atoms. The third kappa shape index (κ3) is 2.84. The Balaban J connectivity index is 2.26. The van der Waals surface area contributed by atoms with Crippen LogP contribution >= 0.6 is 23.4 Å². The van der Waals surface area contributed by atoms with E-state index in [4.69, 9.17) is 16.7 Å². The molecule has 1 fully saturated rings. The fourth-order valence-corrected chi connectivity index (χ4v) is 2.99. The molecule has 0 saturated carbocycles. The number of anilines is 1. The highest BCUT2D eigenvalue weighted by Crippen LogP contribution is 2.25. The summed E-state index contributed by atoms with van der Waals surface area (Å²) in [4.78, 5) is 17.3. The Morgan fingerprint density at radius 2 is 2.47 bits per heavy atom. The molecule has 92 valence electrons. The van der Waals surface area contributed by atoms with Gasteiger partial charge in [0, 0.05) is 30.3 Å². The van der Waals surface area contributed by atoms with E-state index in [9.17, 15) is 4.79 Å². The highest BCUT2D eigenvalue weighted by molar-refractivity contribution is 8.00. The molecule has 1 saturated heterocycles. The molecule has 0 amide bonds. The van der Waals surface area contributed by atoms with Crippen LogP contribution in [-0.4, -0.2) is 40.2 Å². The van der Waals surface area contributed by atoms with E-state index in [1.54, 1.807) is 6.07 Å². The van der Waals surface area contributed by atoms with Crippen molar-refractivity contribution in [3.63, 3.8) is 0 Å². The number of carbonyl (C=O) groups is 1. The molecule has 1 atom stereocenters. The van der Waals surface area contributed by atoms with E-state index in [0.29, 0.717) is 11.1 Å².